The van der Waals surface area contributed by atoms with Crippen LogP contribution in [-0.4, -0.2) is 16.2 Å². The smallest absolute Gasteiger partial charge is 0.328 e. The third-order valence-electron chi connectivity index (χ3n) is 1.39. The van der Waals surface area contributed by atoms with Crippen LogP contribution in [0, 0.1) is 5.82 Å². The lowest BCUT2D eigenvalue weighted by molar-refractivity contribution is -0.131. The fraction of sp³-hybridized carbons (Fsp3) is 0. The van der Waals surface area contributed by atoms with Gasteiger partial charge in [-0.3, -0.25) is 0 Å². The van der Waals surface area contributed by atoms with E-state index in [1.807, 2.05) is 0 Å². The number of aliphatic carboxylic acids is 1. The van der Waals surface area contributed by atoms with Crippen LogP contribution >= 0.6 is 0 Å². The molecule has 1 rings (SSSR count). The summed E-state index contributed by atoms with van der Waals surface area (Å²) in [5.41, 5.74) is 0.0439. The molecule has 0 fully saturated rings. The lowest BCUT2D eigenvalue weighted by Gasteiger charge is -1.96. The minimum absolute atomic E-state index is 0.0439. The fourth-order valence-electron chi connectivity index (χ4n) is 0.820. The van der Waals surface area contributed by atoms with Crippen LogP contribution in [0.2, 0.25) is 0 Å². The summed E-state index contributed by atoms with van der Waals surface area (Å²) in [5, 5.41) is 17.2. The van der Waals surface area contributed by atoms with Crippen LogP contribution in [0.3, 0.4) is 0 Å². The molecule has 0 amide bonds. The first-order valence-electron chi connectivity index (χ1n) is 3.49. The second-order valence-electron chi connectivity index (χ2n) is 2.38. The normalized spacial score (nSPS) is 10.5. The number of benzene rings is 1. The zero-order valence-electron chi connectivity index (χ0n) is 6.57. The molecule has 0 spiro atoms. The summed E-state index contributed by atoms with van der Waals surface area (Å²) in [4.78, 5) is 10.1. The molecule has 3 nitrogen and oxygen atoms in total. The van der Waals surface area contributed by atoms with Crippen molar-refractivity contribution in [2.45, 2.75) is 0 Å². The van der Waals surface area contributed by atoms with Crippen LogP contribution in [0.4, 0.5) is 4.39 Å². The lowest BCUT2D eigenvalue weighted by Crippen LogP contribution is -1.87. The van der Waals surface area contributed by atoms with Crippen molar-refractivity contribution in [3.05, 3.63) is 35.7 Å². The van der Waals surface area contributed by atoms with E-state index in [-0.39, 0.29) is 11.3 Å². The molecule has 0 saturated carbocycles. The van der Waals surface area contributed by atoms with Crippen molar-refractivity contribution in [2.75, 3.05) is 0 Å². The number of aromatic hydroxyl groups is 1. The van der Waals surface area contributed by atoms with E-state index in [1.54, 1.807) is 0 Å². The van der Waals surface area contributed by atoms with E-state index in [0.29, 0.717) is 0 Å². The summed E-state index contributed by atoms with van der Waals surface area (Å²) in [6.45, 7) is 0. The van der Waals surface area contributed by atoms with Gasteiger partial charge >= 0.3 is 5.97 Å². The maximum Gasteiger partial charge on any atom is 0.328 e. The number of hydrogen-bond acceptors (Lipinski definition) is 2. The van der Waals surface area contributed by atoms with Crippen LogP contribution in [0.15, 0.2) is 24.3 Å². The molecular formula is C9H7FO3. The zero-order chi connectivity index (χ0) is 9.84. The van der Waals surface area contributed by atoms with Crippen LogP contribution in [0.5, 0.6) is 5.75 Å². The molecule has 1 aromatic rings. The van der Waals surface area contributed by atoms with Gasteiger partial charge in [0.15, 0.2) is 0 Å². The molecule has 0 aliphatic rings. The summed E-state index contributed by atoms with van der Waals surface area (Å²) in [7, 11) is 0. The van der Waals surface area contributed by atoms with Crippen molar-refractivity contribution < 1.29 is 19.4 Å². The molecule has 4 heteroatoms. The standard InChI is InChI=1S/C9H7FO3/c10-8-3-2-7(11)5-6(8)1-4-9(12)13/h1-5,11H,(H,12,13). The molecule has 68 valence electrons. The SMILES string of the molecule is O=C(O)C=Cc1cc(O)ccc1F. The van der Waals surface area contributed by atoms with Gasteiger partial charge in [-0.05, 0) is 24.3 Å². The largest absolute Gasteiger partial charge is 0.508 e. The van der Waals surface area contributed by atoms with E-state index in [1.165, 1.54) is 6.07 Å². The first-order valence-corrected chi connectivity index (χ1v) is 3.49. The lowest BCUT2D eigenvalue weighted by atomic mass is 10.2. The van der Waals surface area contributed by atoms with Crippen LogP contribution in [0.1, 0.15) is 5.56 Å². The maximum atomic E-state index is 12.9. The molecule has 0 atom stereocenters. The van der Waals surface area contributed by atoms with Crippen molar-refractivity contribution in [2.24, 2.45) is 0 Å². The van der Waals surface area contributed by atoms with Crippen LogP contribution in [-0.2, 0) is 4.79 Å². The molecule has 13 heavy (non-hydrogen) atoms. The summed E-state index contributed by atoms with van der Waals surface area (Å²) >= 11 is 0. The molecule has 0 unspecified atom stereocenters. The van der Waals surface area contributed by atoms with E-state index in [4.69, 9.17) is 10.2 Å². The van der Waals surface area contributed by atoms with E-state index >= 15 is 0 Å². The van der Waals surface area contributed by atoms with Gasteiger partial charge in [0.2, 0.25) is 0 Å². The molecular weight excluding hydrogens is 175 g/mol. The Bertz CT molecular complexity index is 358. The van der Waals surface area contributed by atoms with Crippen molar-refractivity contribution in [3.63, 3.8) is 0 Å². The van der Waals surface area contributed by atoms with E-state index in [9.17, 15) is 9.18 Å². The quantitative estimate of drug-likeness (QED) is 0.683. The summed E-state index contributed by atoms with van der Waals surface area (Å²) in [5.74, 6) is -1.84. The highest BCUT2D eigenvalue weighted by atomic mass is 19.1. The average molecular weight is 182 g/mol. The zero-order valence-corrected chi connectivity index (χ0v) is 6.57. The van der Waals surface area contributed by atoms with Gasteiger partial charge in [-0.2, -0.15) is 0 Å². The Balaban J connectivity index is 3.00. The molecule has 0 aliphatic carbocycles. The van der Waals surface area contributed by atoms with Crippen molar-refractivity contribution in [1.29, 1.82) is 0 Å². The Morgan fingerprint density at radius 1 is 1.46 bits per heavy atom. The third-order valence-corrected chi connectivity index (χ3v) is 1.39. The monoisotopic (exact) mass is 182 g/mol. The Morgan fingerprint density at radius 2 is 2.15 bits per heavy atom. The average Bonchev–Trinajstić information content (AvgIpc) is 2.06. The van der Waals surface area contributed by atoms with Gasteiger partial charge in [-0.15, -0.1) is 0 Å². The van der Waals surface area contributed by atoms with Gasteiger partial charge in [-0.1, -0.05) is 0 Å². The van der Waals surface area contributed by atoms with E-state index < -0.39 is 11.8 Å². The van der Waals surface area contributed by atoms with Crippen molar-refractivity contribution in [3.8, 4) is 5.75 Å². The van der Waals surface area contributed by atoms with Gasteiger partial charge in [0.1, 0.15) is 11.6 Å². The maximum absolute atomic E-state index is 12.9. The minimum atomic E-state index is -1.16. The highest BCUT2D eigenvalue weighted by Gasteiger charge is 1.99. The Labute approximate surface area is 73.8 Å². The fourth-order valence-corrected chi connectivity index (χ4v) is 0.820. The predicted octanol–water partition coefficient (Wildman–Crippen LogP) is 1.63. The molecule has 0 bridgehead atoms. The first kappa shape index (κ1) is 9.25. The number of phenolic OH excluding ortho intramolecular Hbond substituents is 1. The summed E-state index contributed by atoms with van der Waals surface area (Å²) < 4.78 is 12.9. The Morgan fingerprint density at radius 3 is 2.77 bits per heavy atom. The minimum Gasteiger partial charge on any atom is -0.508 e. The predicted molar refractivity (Wildman–Crippen MR) is 44.7 cm³/mol. The van der Waals surface area contributed by atoms with Gasteiger partial charge in [0.05, 0.1) is 0 Å². The molecule has 1 aromatic carbocycles. The molecule has 0 aliphatic heterocycles. The second-order valence-corrected chi connectivity index (χ2v) is 2.38. The Kier molecular flexibility index (Phi) is 2.64. The molecule has 2 N–H and O–H groups in total. The molecule has 0 aromatic heterocycles. The number of hydrogen-bond donors (Lipinski definition) is 2. The number of carboxylic acids is 1. The molecule has 0 radical (unpaired) electrons. The van der Waals surface area contributed by atoms with E-state index in [2.05, 4.69) is 0 Å². The molecule has 0 heterocycles. The highest BCUT2D eigenvalue weighted by molar-refractivity contribution is 5.85. The highest BCUT2D eigenvalue weighted by Crippen LogP contribution is 2.16. The summed E-state index contributed by atoms with van der Waals surface area (Å²) in [6.07, 6.45) is 1.88. The van der Waals surface area contributed by atoms with Crippen LogP contribution in [0.25, 0.3) is 6.08 Å². The number of halogens is 1. The first-order chi connectivity index (χ1) is 6.09. The van der Waals surface area contributed by atoms with Gasteiger partial charge < -0.3 is 10.2 Å². The molecule has 0 saturated heterocycles. The topological polar surface area (TPSA) is 57.5 Å². The van der Waals surface area contributed by atoms with Gasteiger partial charge in [0, 0.05) is 11.6 Å². The number of carboxylic acid groups (broad SMARTS) is 1. The number of carbonyl (C=O) groups is 1. The third kappa shape index (κ3) is 2.59. The van der Waals surface area contributed by atoms with Crippen molar-refractivity contribution in [1.82, 2.24) is 0 Å². The van der Waals surface area contributed by atoms with Gasteiger partial charge in [-0.25, -0.2) is 9.18 Å². The number of rotatable bonds is 2. The van der Waals surface area contributed by atoms with Gasteiger partial charge in [0.25, 0.3) is 0 Å². The van der Waals surface area contributed by atoms with Crippen LogP contribution < -0.4 is 0 Å². The van der Waals surface area contributed by atoms with E-state index in [0.717, 1.165) is 24.3 Å². The Hall–Kier alpha value is -1.84. The summed E-state index contributed by atoms with van der Waals surface area (Å²) in [6, 6.07) is 3.40. The second kappa shape index (κ2) is 3.71. The number of phenols is 1. The van der Waals surface area contributed by atoms with Crippen molar-refractivity contribution >= 4 is 12.0 Å².